The maximum atomic E-state index is 12.7. The van der Waals surface area contributed by atoms with Gasteiger partial charge in [-0.1, -0.05) is 12.1 Å². The molecule has 0 amide bonds. The second-order valence-electron chi connectivity index (χ2n) is 2.71. The highest BCUT2D eigenvalue weighted by Gasteiger charge is 1.99. The number of hydrogen-bond donors (Lipinski definition) is 1. The van der Waals surface area contributed by atoms with Gasteiger partial charge in [-0.15, -0.1) is 5.69 Å². The molecule has 0 saturated carbocycles. The van der Waals surface area contributed by atoms with Crippen LogP contribution in [-0.2, 0) is 10.0 Å². The molecular weight excluding hydrogens is 207 g/mol. The van der Waals surface area contributed by atoms with Crippen molar-refractivity contribution in [2.75, 3.05) is 12.3 Å². The van der Waals surface area contributed by atoms with E-state index in [1.54, 1.807) is 0 Å². The van der Waals surface area contributed by atoms with E-state index in [1.165, 1.54) is 18.2 Å². The predicted octanol–water partition coefficient (Wildman–Crippen LogP) is 0.403. The van der Waals surface area contributed by atoms with Gasteiger partial charge in [0.05, 0.1) is 22.3 Å². The summed E-state index contributed by atoms with van der Waals surface area (Å²) in [5, 5.41) is 0. The Balaban J connectivity index is 2.79. The Kier molecular flexibility index (Phi) is 3.43. The van der Waals surface area contributed by atoms with E-state index >= 15 is 0 Å². The van der Waals surface area contributed by atoms with E-state index in [0.717, 1.165) is 6.07 Å². The standard InChI is InChI=1S/C8H10FN2O2S/c9-7-2-1-3-8(6-7)11-14(12,13)5-4-10/h1-3,6H,4-5,10H2/q-1/p+1. The van der Waals surface area contributed by atoms with Crippen molar-refractivity contribution >= 4 is 15.7 Å². The Labute approximate surface area is 82.0 Å². The van der Waals surface area contributed by atoms with Gasteiger partial charge in [-0.3, -0.25) is 0 Å². The second-order valence-corrected chi connectivity index (χ2v) is 4.47. The molecule has 0 bridgehead atoms. The van der Waals surface area contributed by atoms with E-state index in [1.807, 2.05) is 0 Å². The molecule has 0 heterocycles. The molecule has 0 aliphatic rings. The topological polar surface area (TPSA) is 75.9 Å². The van der Waals surface area contributed by atoms with Gasteiger partial charge in [0.2, 0.25) is 0 Å². The van der Waals surface area contributed by atoms with Gasteiger partial charge in [0, 0.05) is 0 Å². The average Bonchev–Trinajstić information content (AvgIpc) is 2.02. The van der Waals surface area contributed by atoms with Gasteiger partial charge in [-0.25, -0.2) is 12.8 Å². The second kappa shape index (κ2) is 4.39. The molecule has 3 N–H and O–H groups in total. The van der Waals surface area contributed by atoms with Crippen LogP contribution in [0.1, 0.15) is 0 Å². The number of quaternary nitrogens is 1. The van der Waals surface area contributed by atoms with Crippen LogP contribution in [0.2, 0.25) is 0 Å². The fraction of sp³-hybridized carbons (Fsp3) is 0.250. The zero-order valence-electron chi connectivity index (χ0n) is 7.48. The molecule has 1 aromatic rings. The molecule has 1 aromatic carbocycles. The van der Waals surface area contributed by atoms with Gasteiger partial charge < -0.3 is 10.5 Å². The highest BCUT2D eigenvalue weighted by molar-refractivity contribution is 7.94. The van der Waals surface area contributed by atoms with Crippen molar-refractivity contribution in [3.8, 4) is 0 Å². The summed E-state index contributed by atoms with van der Waals surface area (Å²) >= 11 is 0. The molecular formula is C8H11FN2O2S. The minimum absolute atomic E-state index is 0.110. The van der Waals surface area contributed by atoms with Gasteiger partial charge in [0.25, 0.3) is 0 Å². The number of hydrogen-bond acceptors (Lipinski definition) is 2. The molecule has 0 aromatic heterocycles. The molecule has 6 heteroatoms. The monoisotopic (exact) mass is 218 g/mol. The van der Waals surface area contributed by atoms with Crippen LogP contribution in [0.4, 0.5) is 10.1 Å². The molecule has 0 unspecified atom stereocenters. The van der Waals surface area contributed by atoms with Crippen LogP contribution in [0, 0.1) is 5.82 Å². The summed E-state index contributed by atoms with van der Waals surface area (Å²) in [6.07, 6.45) is 0. The van der Waals surface area contributed by atoms with Crippen molar-refractivity contribution in [3.05, 3.63) is 34.8 Å². The molecule has 0 spiro atoms. The van der Waals surface area contributed by atoms with E-state index in [9.17, 15) is 12.8 Å². The largest absolute Gasteiger partial charge is 0.577 e. The Bertz CT molecular complexity index is 406. The summed E-state index contributed by atoms with van der Waals surface area (Å²) in [7, 11) is -3.51. The third-order valence-electron chi connectivity index (χ3n) is 1.45. The quantitative estimate of drug-likeness (QED) is 0.794. The zero-order valence-corrected chi connectivity index (χ0v) is 8.30. The highest BCUT2D eigenvalue weighted by Crippen LogP contribution is 2.22. The Morgan fingerprint density at radius 2 is 2.14 bits per heavy atom. The molecule has 1 rings (SSSR count). The van der Waals surface area contributed by atoms with E-state index < -0.39 is 15.8 Å². The third kappa shape index (κ3) is 3.31. The SMILES string of the molecule is [NH3+]CCS(=O)(=O)[N-]c1cccc(F)c1. The van der Waals surface area contributed by atoms with Gasteiger partial charge in [-0.05, 0) is 12.1 Å². The maximum Gasteiger partial charge on any atom is 0.122 e. The lowest BCUT2D eigenvalue weighted by Crippen LogP contribution is -2.52. The van der Waals surface area contributed by atoms with Crippen molar-refractivity contribution in [3.63, 3.8) is 0 Å². The first kappa shape index (κ1) is 10.9. The minimum atomic E-state index is -3.51. The Hall–Kier alpha value is -1.14. The minimum Gasteiger partial charge on any atom is -0.577 e. The van der Waals surface area contributed by atoms with Gasteiger partial charge in [-0.2, -0.15) is 0 Å². The van der Waals surface area contributed by atoms with Crippen LogP contribution < -0.4 is 5.73 Å². The van der Waals surface area contributed by atoms with Crippen molar-refractivity contribution < 1.29 is 18.5 Å². The Morgan fingerprint density at radius 1 is 1.43 bits per heavy atom. The average molecular weight is 218 g/mol. The molecule has 78 valence electrons. The van der Waals surface area contributed by atoms with Gasteiger partial charge in [0.15, 0.2) is 0 Å². The Morgan fingerprint density at radius 3 is 2.71 bits per heavy atom. The first-order valence-corrected chi connectivity index (χ1v) is 5.65. The van der Waals surface area contributed by atoms with Crippen molar-refractivity contribution in [1.82, 2.24) is 0 Å². The maximum absolute atomic E-state index is 12.7. The lowest BCUT2D eigenvalue weighted by molar-refractivity contribution is -0.360. The fourth-order valence-electron chi connectivity index (χ4n) is 0.922. The molecule has 0 aliphatic carbocycles. The molecule has 0 atom stereocenters. The fourth-order valence-corrected chi connectivity index (χ4v) is 1.81. The van der Waals surface area contributed by atoms with E-state index in [4.69, 9.17) is 0 Å². The molecule has 4 nitrogen and oxygen atoms in total. The van der Waals surface area contributed by atoms with Crippen molar-refractivity contribution in [2.24, 2.45) is 0 Å². The summed E-state index contributed by atoms with van der Waals surface area (Å²) in [4.78, 5) is 0. The van der Waals surface area contributed by atoms with Crippen LogP contribution in [-0.4, -0.2) is 20.7 Å². The van der Waals surface area contributed by atoms with E-state index in [2.05, 4.69) is 10.5 Å². The number of sulfonamides is 1. The van der Waals surface area contributed by atoms with Crippen LogP contribution in [0.5, 0.6) is 0 Å². The summed E-state index contributed by atoms with van der Waals surface area (Å²) < 4.78 is 38.5. The van der Waals surface area contributed by atoms with Crippen LogP contribution in [0.3, 0.4) is 0 Å². The summed E-state index contributed by atoms with van der Waals surface area (Å²) in [5.41, 5.74) is 3.53. The lowest BCUT2D eigenvalue weighted by Gasteiger charge is -2.20. The van der Waals surface area contributed by atoms with E-state index in [-0.39, 0.29) is 18.0 Å². The molecule has 0 radical (unpaired) electrons. The summed E-state index contributed by atoms with van der Waals surface area (Å²) in [6, 6.07) is 5.14. The van der Waals surface area contributed by atoms with Crippen molar-refractivity contribution in [2.45, 2.75) is 0 Å². The number of benzene rings is 1. The third-order valence-corrected chi connectivity index (χ3v) is 2.75. The van der Waals surface area contributed by atoms with E-state index in [0.29, 0.717) is 0 Å². The molecule has 0 aliphatic heterocycles. The van der Waals surface area contributed by atoms with Crippen LogP contribution in [0.15, 0.2) is 24.3 Å². The molecule has 14 heavy (non-hydrogen) atoms. The molecule has 0 fully saturated rings. The van der Waals surface area contributed by atoms with Gasteiger partial charge >= 0.3 is 0 Å². The predicted molar refractivity (Wildman–Crippen MR) is 51.0 cm³/mol. The summed E-state index contributed by atoms with van der Waals surface area (Å²) in [5.74, 6) is -0.625. The zero-order chi connectivity index (χ0) is 10.6. The highest BCUT2D eigenvalue weighted by atomic mass is 32.2. The van der Waals surface area contributed by atoms with Crippen molar-refractivity contribution in [1.29, 1.82) is 0 Å². The smallest absolute Gasteiger partial charge is 0.122 e. The number of rotatable bonds is 4. The van der Waals surface area contributed by atoms with Crippen LogP contribution >= 0.6 is 0 Å². The number of halogens is 1. The lowest BCUT2D eigenvalue weighted by atomic mass is 10.3. The first-order chi connectivity index (χ1) is 6.53. The normalized spacial score (nSPS) is 11.3. The molecule has 0 saturated heterocycles. The van der Waals surface area contributed by atoms with Gasteiger partial charge in [0.1, 0.15) is 5.82 Å². The summed E-state index contributed by atoms with van der Waals surface area (Å²) in [6.45, 7) is 0.251. The first-order valence-electron chi connectivity index (χ1n) is 4.04. The number of nitrogens with zero attached hydrogens (tertiary/aromatic N) is 1. The van der Waals surface area contributed by atoms with Crippen LogP contribution in [0.25, 0.3) is 4.72 Å².